The molecule has 2 N–H and O–H groups in total. The Kier molecular flexibility index (Phi) is 6.02. The van der Waals surface area contributed by atoms with E-state index in [1.54, 1.807) is 19.1 Å². The number of nitrogens with zero attached hydrogens (tertiary/aromatic N) is 2. The third-order valence-corrected chi connectivity index (χ3v) is 6.94. The van der Waals surface area contributed by atoms with Gasteiger partial charge in [0.2, 0.25) is 27.6 Å². The van der Waals surface area contributed by atoms with Crippen molar-refractivity contribution in [1.82, 2.24) is 14.9 Å². The van der Waals surface area contributed by atoms with E-state index in [0.29, 0.717) is 22.8 Å². The fourth-order valence-corrected chi connectivity index (χ4v) is 4.69. The van der Waals surface area contributed by atoms with Crippen LogP contribution in [0, 0.1) is 12.7 Å². The van der Waals surface area contributed by atoms with Crippen LogP contribution in [-0.2, 0) is 14.8 Å². The zero-order valence-corrected chi connectivity index (χ0v) is 18.8. The number of hydrogen-bond acceptors (Lipinski definition) is 6. The topological polar surface area (TPSA) is 114 Å². The van der Waals surface area contributed by atoms with Crippen LogP contribution in [0.25, 0.3) is 11.4 Å². The lowest BCUT2D eigenvalue weighted by Gasteiger charge is -2.16. The van der Waals surface area contributed by atoms with Gasteiger partial charge < -0.3 is 9.84 Å². The Hall–Kier alpha value is -2.82. The van der Waals surface area contributed by atoms with Crippen molar-refractivity contribution in [3.8, 4) is 11.4 Å². The second-order valence-electron chi connectivity index (χ2n) is 7.67. The summed E-state index contributed by atoms with van der Waals surface area (Å²) in [5.41, 5.74) is 0.850. The number of anilines is 1. The fourth-order valence-electron chi connectivity index (χ4n) is 3.06. The third-order valence-electron chi connectivity index (χ3n) is 5.02. The molecule has 0 aliphatic heterocycles. The predicted molar refractivity (Wildman–Crippen MR) is 116 cm³/mol. The van der Waals surface area contributed by atoms with E-state index in [2.05, 4.69) is 20.2 Å². The summed E-state index contributed by atoms with van der Waals surface area (Å²) >= 11 is 5.70. The first-order valence-electron chi connectivity index (χ1n) is 9.87. The smallest absolute Gasteiger partial charge is 0.242 e. The highest BCUT2D eigenvalue weighted by atomic mass is 35.5. The molecule has 0 saturated heterocycles. The Bertz CT molecular complexity index is 1290. The van der Waals surface area contributed by atoms with Crippen LogP contribution in [0.4, 0.5) is 10.1 Å². The lowest BCUT2D eigenvalue weighted by Crippen LogP contribution is -2.41. The molecule has 11 heteroatoms. The van der Waals surface area contributed by atoms with Crippen molar-refractivity contribution in [3.05, 3.63) is 58.7 Å². The first-order chi connectivity index (χ1) is 15.1. The summed E-state index contributed by atoms with van der Waals surface area (Å²) in [7, 11) is -4.08. The molecule has 1 atom stereocenters. The number of amides is 1. The van der Waals surface area contributed by atoms with E-state index in [1.807, 2.05) is 0 Å². The maximum absolute atomic E-state index is 13.9. The molecule has 0 spiro atoms. The molecule has 3 aromatic rings. The highest BCUT2D eigenvalue weighted by Crippen LogP contribution is 2.39. The third kappa shape index (κ3) is 4.82. The normalized spacial score (nSPS) is 14.9. The fraction of sp³-hybridized carbons (Fsp3) is 0.286. The lowest BCUT2D eigenvalue weighted by atomic mass is 10.1. The monoisotopic (exact) mass is 478 g/mol. The molecule has 1 aliphatic carbocycles. The molecule has 1 fully saturated rings. The molecule has 1 aliphatic rings. The maximum Gasteiger partial charge on any atom is 0.242 e. The molecule has 1 saturated carbocycles. The van der Waals surface area contributed by atoms with E-state index in [-0.39, 0.29) is 21.5 Å². The summed E-state index contributed by atoms with van der Waals surface area (Å²) in [6.07, 6.45) is 2.00. The average Bonchev–Trinajstić information content (AvgIpc) is 3.47. The molecule has 1 aromatic heterocycles. The standard InChI is InChI=1S/C21H20ClFN4O4S/c1-11-3-4-14(19-25-21(31-26-19)13-5-6-13)9-18(11)32(29,30)27-12(2)20(28)24-17-8-7-15(22)10-16(17)23/h3-4,7-10,12-13,27H,5-6H2,1-2H3,(H,24,28)/t12-/m1/s1. The summed E-state index contributed by atoms with van der Waals surface area (Å²) in [6, 6.07) is 7.35. The highest BCUT2D eigenvalue weighted by molar-refractivity contribution is 7.89. The van der Waals surface area contributed by atoms with E-state index in [0.717, 1.165) is 18.9 Å². The van der Waals surface area contributed by atoms with E-state index in [9.17, 15) is 17.6 Å². The number of benzene rings is 2. The van der Waals surface area contributed by atoms with Gasteiger partial charge in [-0.2, -0.15) is 9.71 Å². The van der Waals surface area contributed by atoms with Crippen molar-refractivity contribution in [3.63, 3.8) is 0 Å². The van der Waals surface area contributed by atoms with Crippen LogP contribution in [0.2, 0.25) is 5.02 Å². The molecular weight excluding hydrogens is 459 g/mol. The number of aromatic nitrogens is 2. The highest BCUT2D eigenvalue weighted by Gasteiger charge is 2.30. The van der Waals surface area contributed by atoms with Crippen molar-refractivity contribution < 1.29 is 22.1 Å². The molecule has 168 valence electrons. The van der Waals surface area contributed by atoms with Gasteiger partial charge in [0, 0.05) is 16.5 Å². The van der Waals surface area contributed by atoms with Gasteiger partial charge in [0.05, 0.1) is 16.6 Å². The molecule has 1 heterocycles. The SMILES string of the molecule is Cc1ccc(-c2noc(C3CC3)n2)cc1S(=O)(=O)N[C@H](C)C(=O)Nc1ccc(Cl)cc1F. The van der Waals surface area contributed by atoms with Gasteiger partial charge in [0.1, 0.15) is 5.82 Å². The van der Waals surface area contributed by atoms with E-state index in [4.69, 9.17) is 16.1 Å². The van der Waals surface area contributed by atoms with Crippen LogP contribution in [0.1, 0.15) is 37.1 Å². The van der Waals surface area contributed by atoms with Gasteiger partial charge in [-0.15, -0.1) is 0 Å². The van der Waals surface area contributed by atoms with Crippen LogP contribution >= 0.6 is 11.6 Å². The van der Waals surface area contributed by atoms with Crippen molar-refractivity contribution in [2.75, 3.05) is 5.32 Å². The second kappa shape index (κ2) is 8.61. The van der Waals surface area contributed by atoms with Crippen molar-refractivity contribution >= 4 is 33.2 Å². The van der Waals surface area contributed by atoms with Crippen molar-refractivity contribution in [1.29, 1.82) is 0 Å². The van der Waals surface area contributed by atoms with E-state index >= 15 is 0 Å². The van der Waals surface area contributed by atoms with Crippen LogP contribution in [0.15, 0.2) is 45.8 Å². The average molecular weight is 479 g/mol. The number of halogens is 2. The van der Waals surface area contributed by atoms with Gasteiger partial charge in [-0.1, -0.05) is 28.9 Å². The molecule has 8 nitrogen and oxygen atoms in total. The Morgan fingerprint density at radius 1 is 1.25 bits per heavy atom. The van der Waals surface area contributed by atoms with Gasteiger partial charge >= 0.3 is 0 Å². The van der Waals surface area contributed by atoms with Gasteiger partial charge in [0.15, 0.2) is 0 Å². The van der Waals surface area contributed by atoms with Gasteiger partial charge in [-0.05, 0) is 56.5 Å². The molecule has 0 bridgehead atoms. The van der Waals surface area contributed by atoms with Crippen molar-refractivity contribution in [2.45, 2.75) is 43.5 Å². The summed E-state index contributed by atoms with van der Waals surface area (Å²) in [5.74, 6) is -0.336. The van der Waals surface area contributed by atoms with Crippen molar-refractivity contribution in [2.24, 2.45) is 0 Å². The summed E-state index contributed by atoms with van der Waals surface area (Å²) in [5, 5.41) is 6.47. The summed E-state index contributed by atoms with van der Waals surface area (Å²) in [4.78, 5) is 16.8. The molecular formula is C21H20ClFN4O4S. The number of nitrogens with one attached hydrogen (secondary N) is 2. The summed E-state index contributed by atoms with van der Waals surface area (Å²) in [6.45, 7) is 3.00. The maximum atomic E-state index is 13.9. The number of hydrogen-bond donors (Lipinski definition) is 2. The van der Waals surface area contributed by atoms with Crippen LogP contribution in [0.5, 0.6) is 0 Å². The number of aryl methyl sites for hydroxylation is 1. The quantitative estimate of drug-likeness (QED) is 0.530. The second-order valence-corrected chi connectivity index (χ2v) is 9.79. The zero-order valence-electron chi connectivity index (χ0n) is 17.2. The molecule has 0 unspecified atom stereocenters. The van der Waals surface area contributed by atoms with E-state index < -0.39 is 27.8 Å². The Morgan fingerprint density at radius 3 is 2.69 bits per heavy atom. The first kappa shape index (κ1) is 22.4. The van der Waals surface area contributed by atoms with Crippen LogP contribution in [0.3, 0.4) is 0 Å². The minimum absolute atomic E-state index is 0.0231. The molecule has 2 aromatic carbocycles. The Balaban J connectivity index is 1.52. The Morgan fingerprint density at radius 2 is 2.00 bits per heavy atom. The molecule has 1 amide bonds. The molecule has 32 heavy (non-hydrogen) atoms. The van der Waals surface area contributed by atoms with E-state index in [1.165, 1.54) is 25.1 Å². The van der Waals surface area contributed by atoms with Crippen LogP contribution in [-0.4, -0.2) is 30.5 Å². The minimum atomic E-state index is -4.08. The van der Waals surface area contributed by atoms with Crippen LogP contribution < -0.4 is 10.0 Å². The zero-order chi connectivity index (χ0) is 23.0. The van der Waals surface area contributed by atoms with Gasteiger partial charge in [-0.3, -0.25) is 4.79 Å². The lowest BCUT2D eigenvalue weighted by molar-refractivity contribution is -0.117. The number of carbonyl (C=O) groups excluding carboxylic acids is 1. The molecule has 4 rings (SSSR count). The first-order valence-corrected chi connectivity index (χ1v) is 11.7. The minimum Gasteiger partial charge on any atom is -0.339 e. The Labute approximate surface area is 189 Å². The van der Waals surface area contributed by atoms with Gasteiger partial charge in [-0.25, -0.2) is 12.8 Å². The molecule has 0 radical (unpaired) electrons. The number of sulfonamides is 1. The predicted octanol–water partition coefficient (Wildman–Crippen LogP) is 4.02. The number of rotatable bonds is 7. The van der Waals surface area contributed by atoms with Gasteiger partial charge in [0.25, 0.3) is 0 Å². The summed E-state index contributed by atoms with van der Waals surface area (Å²) < 4.78 is 47.5. The number of carbonyl (C=O) groups is 1. The largest absolute Gasteiger partial charge is 0.339 e.